The van der Waals surface area contributed by atoms with E-state index in [2.05, 4.69) is 20.7 Å². The van der Waals surface area contributed by atoms with E-state index in [1.807, 2.05) is 23.6 Å². The number of hydrogen-bond acceptors (Lipinski definition) is 11. The summed E-state index contributed by atoms with van der Waals surface area (Å²) in [5.74, 6) is -2.00. The lowest BCUT2D eigenvalue weighted by Gasteiger charge is -2.30. The average Bonchev–Trinajstić information content (AvgIpc) is 3.47. The van der Waals surface area contributed by atoms with E-state index < -0.39 is 53.5 Å². The molecule has 0 unspecified atom stereocenters. The van der Waals surface area contributed by atoms with Gasteiger partial charge in [-0.3, -0.25) is 19.1 Å². The maximum Gasteiger partial charge on any atom is 0.332 e. The zero-order chi connectivity index (χ0) is 34.9. The third kappa shape index (κ3) is 7.04. The minimum Gasteiger partial charge on any atom is -0.471 e. The van der Waals surface area contributed by atoms with Crippen LogP contribution in [0.25, 0.3) is 21.7 Å². The second kappa shape index (κ2) is 14.2. The Morgan fingerprint density at radius 2 is 2.00 bits per heavy atom. The van der Waals surface area contributed by atoms with Crippen LogP contribution in [-0.2, 0) is 31.0 Å². The van der Waals surface area contributed by atoms with Crippen molar-refractivity contribution >= 4 is 45.2 Å². The zero-order valence-corrected chi connectivity index (χ0v) is 28.9. The Bertz CT molecular complexity index is 1750. The van der Waals surface area contributed by atoms with Crippen molar-refractivity contribution in [2.45, 2.75) is 88.6 Å². The van der Waals surface area contributed by atoms with Crippen molar-refractivity contribution in [3.05, 3.63) is 35.9 Å². The van der Waals surface area contributed by atoms with E-state index in [0.717, 1.165) is 24.0 Å². The van der Waals surface area contributed by atoms with Crippen LogP contribution in [0.2, 0.25) is 0 Å². The van der Waals surface area contributed by atoms with Gasteiger partial charge in [0.25, 0.3) is 0 Å². The fourth-order valence-electron chi connectivity index (χ4n) is 6.66. The highest BCUT2D eigenvalue weighted by Gasteiger charge is 2.62. The van der Waals surface area contributed by atoms with Crippen molar-refractivity contribution in [3.8, 4) is 17.4 Å². The van der Waals surface area contributed by atoms with Gasteiger partial charge in [0, 0.05) is 25.6 Å². The molecule has 6 rings (SSSR count). The number of aromatic nitrogens is 4. The smallest absolute Gasteiger partial charge is 0.332 e. The first-order chi connectivity index (χ1) is 23.5. The van der Waals surface area contributed by atoms with Crippen molar-refractivity contribution in [3.63, 3.8) is 0 Å². The minimum absolute atomic E-state index is 0.0303. The fraction of sp³-hybridized carbons (Fsp3) is 0.559. The Hall–Kier alpha value is -4.37. The van der Waals surface area contributed by atoms with Gasteiger partial charge in [-0.1, -0.05) is 38.8 Å². The van der Waals surface area contributed by atoms with Gasteiger partial charge in [0.15, 0.2) is 5.82 Å². The van der Waals surface area contributed by atoms with Gasteiger partial charge in [0.1, 0.15) is 40.2 Å². The minimum atomic E-state index is -1.30. The Labute approximate surface area is 288 Å². The van der Waals surface area contributed by atoms with Gasteiger partial charge in [-0.15, -0.1) is 11.3 Å². The number of thiophene rings is 1. The first-order valence-electron chi connectivity index (χ1n) is 16.8. The third-order valence-corrected chi connectivity index (χ3v) is 10.5. The molecule has 262 valence electrons. The first kappa shape index (κ1) is 34.5. The molecule has 1 saturated heterocycles. The number of nitrogens with zero attached hydrogens (tertiary/aromatic N) is 5. The number of nitrogens with one attached hydrogen (secondary N) is 2. The number of methoxy groups -OCH3 is 1. The predicted molar refractivity (Wildman–Crippen MR) is 180 cm³/mol. The monoisotopic (exact) mass is 693 g/mol. The molecule has 2 aliphatic heterocycles. The second-order valence-corrected chi connectivity index (χ2v) is 14.3. The summed E-state index contributed by atoms with van der Waals surface area (Å²) in [5, 5.41) is 22.3. The van der Waals surface area contributed by atoms with Crippen molar-refractivity contribution in [1.82, 2.24) is 35.3 Å². The molecule has 0 aromatic carbocycles. The molecule has 15 heteroatoms. The third-order valence-electron chi connectivity index (χ3n) is 9.61. The molecule has 6 atom stereocenters. The molecule has 3 amide bonds. The summed E-state index contributed by atoms with van der Waals surface area (Å²) in [4.78, 5) is 65.4. The largest absolute Gasteiger partial charge is 0.471 e. The van der Waals surface area contributed by atoms with Crippen LogP contribution in [0, 0.1) is 11.8 Å². The number of amides is 3. The highest BCUT2D eigenvalue weighted by molar-refractivity contribution is 7.17. The van der Waals surface area contributed by atoms with E-state index in [4.69, 9.17) is 14.5 Å². The van der Waals surface area contributed by atoms with Crippen LogP contribution in [0.1, 0.15) is 58.8 Å². The molecule has 2 fully saturated rings. The lowest BCUT2D eigenvalue weighted by molar-refractivity contribution is -0.148. The molecule has 3 aromatic rings. The number of hydrogen-bond donors (Lipinski definition) is 3. The van der Waals surface area contributed by atoms with Gasteiger partial charge in [-0.2, -0.15) is 10.1 Å². The number of allylic oxidation sites excluding steroid dienone is 1. The lowest BCUT2D eigenvalue weighted by atomic mass is 10.0. The van der Waals surface area contributed by atoms with Gasteiger partial charge < -0.3 is 30.1 Å². The van der Waals surface area contributed by atoms with Crippen LogP contribution in [0.3, 0.4) is 0 Å². The van der Waals surface area contributed by atoms with Gasteiger partial charge in [0.05, 0.1) is 19.2 Å². The Morgan fingerprint density at radius 1 is 1.18 bits per heavy atom. The molecule has 0 radical (unpaired) electrons. The van der Waals surface area contributed by atoms with Crippen LogP contribution < -0.4 is 15.4 Å². The summed E-state index contributed by atoms with van der Waals surface area (Å²) in [6, 6.07) is 1.68. The Balaban J connectivity index is 1.33. The molecule has 1 aliphatic carbocycles. The SMILES string of the molecule is COC(=O)[C@@]12C[C@H]1/C=C\CCCCC[C@H](NC(=O)[C@@H](O)C(C)C)C(=O)N1C[C@H](Oc3nc(-c4ccnn4C)nc4ccsc34)C[C@H]1C(=O)N2. The van der Waals surface area contributed by atoms with Crippen LogP contribution in [0.5, 0.6) is 5.88 Å². The van der Waals surface area contributed by atoms with Crippen LogP contribution in [-0.4, -0.2) is 96.9 Å². The molecule has 3 N–H and O–H groups in total. The molecular formula is C34H43N7O7S. The summed E-state index contributed by atoms with van der Waals surface area (Å²) in [6.07, 6.45) is 7.59. The van der Waals surface area contributed by atoms with E-state index in [-0.39, 0.29) is 24.8 Å². The van der Waals surface area contributed by atoms with Gasteiger partial charge >= 0.3 is 5.97 Å². The van der Waals surface area contributed by atoms with Crippen LogP contribution >= 0.6 is 11.3 Å². The molecule has 3 aliphatic rings. The summed E-state index contributed by atoms with van der Waals surface area (Å²) in [6.45, 7) is 3.47. The number of rotatable bonds is 7. The van der Waals surface area contributed by atoms with Crippen molar-refractivity contribution in [2.24, 2.45) is 18.9 Å². The van der Waals surface area contributed by atoms with Crippen LogP contribution in [0.4, 0.5) is 0 Å². The second-order valence-electron chi connectivity index (χ2n) is 13.4. The summed E-state index contributed by atoms with van der Waals surface area (Å²) < 4.78 is 14.0. The van der Waals surface area contributed by atoms with Gasteiger partial charge in [-0.05, 0) is 49.1 Å². The topological polar surface area (TPSA) is 178 Å². The number of aliphatic hydroxyl groups is 1. The molecule has 49 heavy (non-hydrogen) atoms. The van der Waals surface area contributed by atoms with E-state index in [9.17, 15) is 24.3 Å². The highest BCUT2D eigenvalue weighted by atomic mass is 32.1. The molecule has 14 nitrogen and oxygen atoms in total. The van der Waals surface area contributed by atoms with Gasteiger partial charge in [0.2, 0.25) is 23.6 Å². The number of aliphatic hydroxyl groups excluding tert-OH is 1. The van der Waals surface area contributed by atoms with E-state index in [0.29, 0.717) is 42.2 Å². The van der Waals surface area contributed by atoms with E-state index in [1.54, 1.807) is 37.8 Å². The standard InChI is InChI=1S/C34H43N7O7S/c1-19(2)26(42)30(44)37-23-11-9-7-5-6-8-10-20-17-34(20,33(46)47-4)39-29(43)25-16-21(18-41(25)32(23)45)48-31-27-22(13-15-49-27)36-28(38-31)24-12-14-35-40(24)3/h8,10,12-15,19-21,23,25-26,42H,5-7,9,11,16-18H2,1-4H3,(H,37,44)(H,39,43)/b10-8-/t20-,21-,23+,25+,26+,34-/m1/s1. The average molecular weight is 694 g/mol. The zero-order valence-electron chi connectivity index (χ0n) is 28.1. The lowest BCUT2D eigenvalue weighted by Crippen LogP contribution is -2.57. The van der Waals surface area contributed by atoms with Crippen LogP contribution in [0.15, 0.2) is 35.9 Å². The molecule has 3 aromatic heterocycles. The number of carbonyl (C=O) groups excluding carboxylic acids is 4. The number of fused-ring (bicyclic) bond motifs is 3. The number of ether oxygens (including phenoxy) is 2. The normalized spacial score (nSPS) is 27.3. The maximum absolute atomic E-state index is 14.4. The molecular weight excluding hydrogens is 650 g/mol. The van der Waals surface area contributed by atoms with E-state index >= 15 is 0 Å². The summed E-state index contributed by atoms with van der Waals surface area (Å²) in [5.41, 5.74) is 0.154. The number of carbonyl (C=O) groups is 4. The maximum atomic E-state index is 14.4. The number of aryl methyl sites for hydroxylation is 1. The Morgan fingerprint density at radius 3 is 2.73 bits per heavy atom. The molecule has 0 bridgehead atoms. The van der Waals surface area contributed by atoms with E-state index in [1.165, 1.54) is 23.3 Å². The van der Waals surface area contributed by atoms with Crippen molar-refractivity contribution in [2.75, 3.05) is 13.7 Å². The highest BCUT2D eigenvalue weighted by Crippen LogP contribution is 2.46. The Kier molecular flexibility index (Phi) is 10.0. The van der Waals surface area contributed by atoms with Gasteiger partial charge in [-0.25, -0.2) is 9.78 Å². The molecule has 0 spiro atoms. The van der Waals surface area contributed by atoms with Crippen molar-refractivity contribution < 1.29 is 33.8 Å². The summed E-state index contributed by atoms with van der Waals surface area (Å²) in [7, 11) is 3.08. The van der Waals surface area contributed by atoms with Crippen molar-refractivity contribution in [1.29, 1.82) is 0 Å². The first-order valence-corrected chi connectivity index (χ1v) is 17.7. The fourth-order valence-corrected chi connectivity index (χ4v) is 7.42. The number of esters is 1. The quantitative estimate of drug-likeness (QED) is 0.246. The predicted octanol–water partition coefficient (Wildman–Crippen LogP) is 2.51. The molecule has 5 heterocycles. The molecule has 1 saturated carbocycles. The summed E-state index contributed by atoms with van der Waals surface area (Å²) >= 11 is 1.42.